The Morgan fingerprint density at radius 2 is 1.76 bits per heavy atom. The Morgan fingerprint density at radius 3 is 2.32 bits per heavy atom. The summed E-state index contributed by atoms with van der Waals surface area (Å²) in [6, 6.07) is 5.71. The molecule has 1 aliphatic rings. The average molecular weight is 502 g/mol. The number of alkyl halides is 3. The van der Waals surface area contributed by atoms with Gasteiger partial charge in [0.05, 0.1) is 5.56 Å². The van der Waals surface area contributed by atoms with Crippen LogP contribution in [0.5, 0.6) is 11.5 Å². The molecule has 1 saturated carbocycles. The van der Waals surface area contributed by atoms with Gasteiger partial charge in [0.1, 0.15) is 29.6 Å². The molecule has 1 fully saturated rings. The molecular weight excluding hydrogens is 482 g/mol. The fraction of sp³-hybridized carbons (Fsp3) is 0.304. The summed E-state index contributed by atoms with van der Waals surface area (Å²) in [7, 11) is 0. The summed E-state index contributed by atoms with van der Waals surface area (Å²) in [6.45, 7) is 2.79. The van der Waals surface area contributed by atoms with E-state index in [9.17, 15) is 32.3 Å². The van der Waals surface area contributed by atoms with Gasteiger partial charge in [0, 0.05) is 11.1 Å². The van der Waals surface area contributed by atoms with Crippen molar-refractivity contribution >= 4 is 23.5 Å². The van der Waals surface area contributed by atoms with Crippen molar-refractivity contribution in [3.8, 4) is 11.5 Å². The lowest BCUT2D eigenvalue weighted by atomic mass is 9.99. The van der Waals surface area contributed by atoms with E-state index in [1.807, 2.05) is 0 Å². The first-order chi connectivity index (χ1) is 15.8. The monoisotopic (exact) mass is 501 g/mol. The zero-order valence-electron chi connectivity index (χ0n) is 18.1. The molecular formula is C23H20ClF4NO5. The third-order valence-corrected chi connectivity index (χ3v) is 5.13. The van der Waals surface area contributed by atoms with Gasteiger partial charge in [-0.05, 0) is 73.6 Å². The van der Waals surface area contributed by atoms with Gasteiger partial charge in [0.15, 0.2) is 0 Å². The normalized spacial score (nSPS) is 13.3. The highest BCUT2D eigenvalue weighted by Gasteiger charge is 2.32. The molecule has 1 amide bonds. The molecule has 0 heterocycles. The SMILES string of the molecule is CC(C)=C(NC(=O)c1cc(C2CC2)c(COc2cc(Cl)cc(OC(F)(F)F)c2)cc1F)C(=O)O. The van der Waals surface area contributed by atoms with Gasteiger partial charge in [-0.3, -0.25) is 4.79 Å². The van der Waals surface area contributed by atoms with E-state index in [1.54, 1.807) is 0 Å². The molecule has 11 heteroatoms. The molecule has 0 atom stereocenters. The summed E-state index contributed by atoms with van der Waals surface area (Å²) >= 11 is 5.84. The van der Waals surface area contributed by atoms with Gasteiger partial charge >= 0.3 is 12.3 Å². The summed E-state index contributed by atoms with van der Waals surface area (Å²) < 4.78 is 61.7. The number of carboxylic acids is 1. The van der Waals surface area contributed by atoms with E-state index in [-0.39, 0.29) is 34.6 Å². The van der Waals surface area contributed by atoms with Gasteiger partial charge < -0.3 is 19.9 Å². The van der Waals surface area contributed by atoms with Crippen LogP contribution < -0.4 is 14.8 Å². The van der Waals surface area contributed by atoms with Crippen LogP contribution in [0.1, 0.15) is 54.1 Å². The van der Waals surface area contributed by atoms with Gasteiger partial charge in [0.2, 0.25) is 0 Å². The molecule has 6 nitrogen and oxygen atoms in total. The van der Waals surface area contributed by atoms with Crippen LogP contribution >= 0.6 is 11.6 Å². The van der Waals surface area contributed by atoms with Gasteiger partial charge in [0.25, 0.3) is 5.91 Å². The molecule has 0 aromatic heterocycles. The van der Waals surface area contributed by atoms with Crippen LogP contribution in [0.4, 0.5) is 17.6 Å². The minimum Gasteiger partial charge on any atom is -0.489 e. The second kappa shape index (κ2) is 9.92. The van der Waals surface area contributed by atoms with Gasteiger partial charge in [-0.15, -0.1) is 13.2 Å². The zero-order chi connectivity index (χ0) is 25.2. The summed E-state index contributed by atoms with van der Waals surface area (Å²) in [5.41, 5.74) is 0.700. The molecule has 182 valence electrons. The number of hydrogen-bond acceptors (Lipinski definition) is 4. The highest BCUT2D eigenvalue weighted by atomic mass is 35.5. The van der Waals surface area contributed by atoms with E-state index < -0.39 is 29.8 Å². The third-order valence-electron chi connectivity index (χ3n) is 4.92. The van der Waals surface area contributed by atoms with Crippen molar-refractivity contribution in [2.24, 2.45) is 0 Å². The van der Waals surface area contributed by atoms with Crippen molar-refractivity contribution in [2.45, 2.75) is 45.6 Å². The molecule has 1 aliphatic carbocycles. The van der Waals surface area contributed by atoms with Crippen molar-refractivity contribution in [3.05, 3.63) is 69.1 Å². The molecule has 2 aromatic carbocycles. The number of nitrogens with one attached hydrogen (secondary N) is 1. The lowest BCUT2D eigenvalue weighted by Gasteiger charge is -2.15. The van der Waals surface area contributed by atoms with E-state index >= 15 is 0 Å². The molecule has 0 aliphatic heterocycles. The van der Waals surface area contributed by atoms with Crippen LogP contribution in [0.3, 0.4) is 0 Å². The van der Waals surface area contributed by atoms with Crippen LogP contribution in [0.15, 0.2) is 41.6 Å². The minimum atomic E-state index is -4.91. The standard InChI is InChI=1S/C23H20ClF4NO5/c1-11(2)20(22(31)32)29-21(30)18-9-17(12-3-4-12)13(5-19(18)25)10-33-15-6-14(24)7-16(8-15)34-23(26,27)28/h5-9,12H,3-4,10H2,1-2H3,(H,29,30)(H,31,32). The molecule has 0 unspecified atom stereocenters. The number of aliphatic carboxylic acids is 1. The predicted octanol–water partition coefficient (Wildman–Crippen LogP) is 5.94. The first-order valence-electron chi connectivity index (χ1n) is 10.1. The maximum Gasteiger partial charge on any atom is 0.573 e. The van der Waals surface area contributed by atoms with E-state index in [4.69, 9.17) is 16.3 Å². The fourth-order valence-electron chi connectivity index (χ4n) is 3.25. The Balaban J connectivity index is 1.84. The van der Waals surface area contributed by atoms with Crippen LogP contribution in [0, 0.1) is 5.82 Å². The van der Waals surface area contributed by atoms with Crippen molar-refractivity contribution < 1.29 is 41.7 Å². The van der Waals surface area contributed by atoms with Crippen molar-refractivity contribution in [2.75, 3.05) is 0 Å². The van der Waals surface area contributed by atoms with Crippen LogP contribution in [0.2, 0.25) is 5.02 Å². The Kier molecular flexibility index (Phi) is 7.40. The highest BCUT2D eigenvalue weighted by molar-refractivity contribution is 6.30. The first-order valence-corrected chi connectivity index (χ1v) is 10.5. The number of amides is 1. The van der Waals surface area contributed by atoms with Gasteiger partial charge in [-0.2, -0.15) is 0 Å². The van der Waals surface area contributed by atoms with E-state index in [2.05, 4.69) is 10.1 Å². The number of ether oxygens (including phenoxy) is 2. The summed E-state index contributed by atoms with van der Waals surface area (Å²) in [4.78, 5) is 23.9. The third kappa shape index (κ3) is 6.63. The minimum absolute atomic E-state index is 0.0228. The van der Waals surface area contributed by atoms with Crippen molar-refractivity contribution in [3.63, 3.8) is 0 Å². The quantitative estimate of drug-likeness (QED) is 0.345. The number of carbonyl (C=O) groups excluding carboxylic acids is 1. The number of halogens is 5. The van der Waals surface area contributed by atoms with Crippen LogP contribution in [-0.2, 0) is 11.4 Å². The van der Waals surface area contributed by atoms with E-state index in [0.29, 0.717) is 16.7 Å². The summed E-state index contributed by atoms with van der Waals surface area (Å²) in [5.74, 6) is -3.69. The topological polar surface area (TPSA) is 84.9 Å². The van der Waals surface area contributed by atoms with Gasteiger partial charge in [-0.1, -0.05) is 11.6 Å². The molecule has 34 heavy (non-hydrogen) atoms. The molecule has 2 N–H and O–H groups in total. The van der Waals surface area contributed by atoms with E-state index in [1.165, 1.54) is 26.0 Å². The number of carbonyl (C=O) groups is 2. The van der Waals surface area contributed by atoms with Gasteiger partial charge in [-0.25, -0.2) is 9.18 Å². The summed E-state index contributed by atoms with van der Waals surface area (Å²) in [5, 5.41) is 11.4. The number of carboxylic acid groups (broad SMARTS) is 1. The predicted molar refractivity (Wildman–Crippen MR) is 114 cm³/mol. The first kappa shape index (κ1) is 25.4. The smallest absolute Gasteiger partial charge is 0.489 e. The zero-order valence-corrected chi connectivity index (χ0v) is 18.8. The van der Waals surface area contributed by atoms with Crippen molar-refractivity contribution in [1.29, 1.82) is 0 Å². The fourth-order valence-corrected chi connectivity index (χ4v) is 3.47. The second-order valence-electron chi connectivity index (χ2n) is 7.90. The Morgan fingerprint density at radius 1 is 1.12 bits per heavy atom. The number of rotatable bonds is 8. The summed E-state index contributed by atoms with van der Waals surface area (Å²) in [6.07, 6.45) is -3.31. The maximum absolute atomic E-state index is 14.8. The molecule has 0 saturated heterocycles. The largest absolute Gasteiger partial charge is 0.573 e. The number of benzene rings is 2. The second-order valence-corrected chi connectivity index (χ2v) is 8.33. The lowest BCUT2D eigenvalue weighted by Crippen LogP contribution is -2.29. The maximum atomic E-state index is 14.8. The Hall–Kier alpha value is -3.27. The average Bonchev–Trinajstić information content (AvgIpc) is 3.53. The highest BCUT2D eigenvalue weighted by Crippen LogP contribution is 2.43. The van der Waals surface area contributed by atoms with Crippen LogP contribution in [-0.4, -0.2) is 23.3 Å². The molecule has 0 radical (unpaired) electrons. The molecule has 0 bridgehead atoms. The Bertz CT molecular complexity index is 1150. The number of allylic oxidation sites excluding steroid dienone is 1. The molecule has 2 aromatic rings. The number of hydrogen-bond donors (Lipinski definition) is 2. The molecule has 3 rings (SSSR count). The Labute approximate surface area is 197 Å². The van der Waals surface area contributed by atoms with Crippen LogP contribution in [0.25, 0.3) is 0 Å². The molecule has 0 spiro atoms. The van der Waals surface area contributed by atoms with Crippen molar-refractivity contribution in [1.82, 2.24) is 5.32 Å². The van der Waals surface area contributed by atoms with E-state index in [0.717, 1.165) is 31.0 Å². The lowest BCUT2D eigenvalue weighted by molar-refractivity contribution is -0.274.